The van der Waals surface area contributed by atoms with E-state index in [2.05, 4.69) is 39.1 Å². The molecule has 0 spiro atoms. The standard InChI is InChI=1S/C26H18BrClN2O2/c27-17-7-10-22-16(13-17)14-23(32-22)26(31)30-12-11-20-19-3-1-2-4-21(19)29-24(20)25(30)15-5-8-18(28)9-6-15/h1-10,13-14,25,29H,11-12H2/t25-/m0/s1. The van der Waals surface area contributed by atoms with Crippen LogP contribution in [0.5, 0.6) is 0 Å². The number of aromatic amines is 1. The van der Waals surface area contributed by atoms with Crippen LogP contribution < -0.4 is 0 Å². The van der Waals surface area contributed by atoms with Crippen molar-refractivity contribution in [2.24, 2.45) is 0 Å². The molecule has 4 nitrogen and oxygen atoms in total. The Morgan fingerprint density at radius 3 is 2.72 bits per heavy atom. The van der Waals surface area contributed by atoms with E-state index in [0.29, 0.717) is 22.9 Å². The number of aromatic nitrogens is 1. The van der Waals surface area contributed by atoms with Gasteiger partial charge in [-0.25, -0.2) is 0 Å². The van der Waals surface area contributed by atoms with Gasteiger partial charge in [0.05, 0.1) is 6.04 Å². The molecule has 0 radical (unpaired) electrons. The summed E-state index contributed by atoms with van der Waals surface area (Å²) in [7, 11) is 0. The molecule has 32 heavy (non-hydrogen) atoms. The molecule has 0 bridgehead atoms. The SMILES string of the molecule is O=C(c1cc2cc(Br)ccc2o1)N1CCc2c([nH]c3ccccc23)[C@@H]1c1ccc(Cl)cc1. The summed E-state index contributed by atoms with van der Waals surface area (Å²) in [5.41, 5.74) is 5.10. The van der Waals surface area contributed by atoms with E-state index in [-0.39, 0.29) is 11.9 Å². The van der Waals surface area contributed by atoms with Crippen LogP contribution in [0.3, 0.4) is 0 Å². The van der Waals surface area contributed by atoms with Gasteiger partial charge in [-0.3, -0.25) is 4.79 Å². The Kier molecular flexibility index (Phi) is 4.63. The summed E-state index contributed by atoms with van der Waals surface area (Å²) in [6.45, 7) is 0.599. The second kappa shape index (κ2) is 7.54. The highest BCUT2D eigenvalue weighted by atomic mass is 79.9. The molecular weight excluding hydrogens is 488 g/mol. The smallest absolute Gasteiger partial charge is 0.290 e. The Balaban J connectivity index is 1.49. The predicted molar refractivity (Wildman–Crippen MR) is 130 cm³/mol. The molecule has 0 saturated heterocycles. The zero-order valence-corrected chi connectivity index (χ0v) is 19.3. The molecule has 1 aliphatic heterocycles. The fourth-order valence-electron chi connectivity index (χ4n) is 4.71. The molecule has 3 heterocycles. The van der Waals surface area contributed by atoms with E-state index in [1.165, 1.54) is 10.9 Å². The topological polar surface area (TPSA) is 49.2 Å². The van der Waals surface area contributed by atoms with Crippen molar-refractivity contribution in [3.63, 3.8) is 0 Å². The number of carbonyl (C=O) groups excluding carboxylic acids is 1. The van der Waals surface area contributed by atoms with Crippen LogP contribution in [0, 0.1) is 0 Å². The van der Waals surface area contributed by atoms with E-state index in [0.717, 1.165) is 33.1 Å². The van der Waals surface area contributed by atoms with Gasteiger partial charge in [0.25, 0.3) is 5.91 Å². The summed E-state index contributed by atoms with van der Waals surface area (Å²) >= 11 is 9.64. The monoisotopic (exact) mass is 504 g/mol. The molecule has 0 aliphatic carbocycles. The lowest BCUT2D eigenvalue weighted by atomic mass is 9.92. The van der Waals surface area contributed by atoms with Gasteiger partial charge in [-0.1, -0.05) is 57.9 Å². The fourth-order valence-corrected chi connectivity index (χ4v) is 5.22. The molecule has 0 saturated carbocycles. The lowest BCUT2D eigenvalue weighted by Gasteiger charge is -2.35. The van der Waals surface area contributed by atoms with Gasteiger partial charge in [0.15, 0.2) is 5.76 Å². The molecule has 158 valence electrons. The highest BCUT2D eigenvalue weighted by molar-refractivity contribution is 9.10. The number of H-pyrrole nitrogens is 1. The van der Waals surface area contributed by atoms with Crippen LogP contribution in [-0.2, 0) is 6.42 Å². The van der Waals surface area contributed by atoms with Gasteiger partial charge in [-0.05, 0) is 60.0 Å². The fraction of sp³-hybridized carbons (Fsp3) is 0.115. The van der Waals surface area contributed by atoms with Crippen molar-refractivity contribution in [3.05, 3.63) is 105 Å². The second-order valence-electron chi connectivity index (χ2n) is 8.06. The minimum atomic E-state index is -0.254. The number of fused-ring (bicyclic) bond motifs is 4. The van der Waals surface area contributed by atoms with Crippen LogP contribution in [0.1, 0.15) is 33.4 Å². The minimum absolute atomic E-state index is 0.124. The average molecular weight is 506 g/mol. The van der Waals surface area contributed by atoms with Crippen LogP contribution in [-0.4, -0.2) is 22.3 Å². The van der Waals surface area contributed by atoms with Crippen molar-refractivity contribution in [3.8, 4) is 0 Å². The Morgan fingerprint density at radius 1 is 1.06 bits per heavy atom. The van der Waals surface area contributed by atoms with E-state index >= 15 is 0 Å². The minimum Gasteiger partial charge on any atom is -0.451 e. The Bertz CT molecular complexity index is 1490. The number of hydrogen-bond acceptors (Lipinski definition) is 2. The van der Waals surface area contributed by atoms with E-state index in [1.54, 1.807) is 0 Å². The molecule has 1 atom stereocenters. The van der Waals surface area contributed by atoms with Crippen LogP contribution in [0.15, 0.2) is 81.7 Å². The molecule has 0 unspecified atom stereocenters. The third-order valence-electron chi connectivity index (χ3n) is 6.17. The van der Waals surface area contributed by atoms with Gasteiger partial charge in [0.1, 0.15) is 5.58 Å². The first-order valence-electron chi connectivity index (χ1n) is 10.4. The third-order valence-corrected chi connectivity index (χ3v) is 6.92. The predicted octanol–water partition coefficient (Wildman–Crippen LogP) is 7.12. The number of nitrogens with zero attached hydrogens (tertiary/aromatic N) is 1. The average Bonchev–Trinajstić information content (AvgIpc) is 3.39. The lowest BCUT2D eigenvalue weighted by molar-refractivity contribution is 0.0662. The normalized spacial score (nSPS) is 15.9. The first-order valence-corrected chi connectivity index (χ1v) is 11.6. The number of benzene rings is 3. The Labute approximate surface area is 197 Å². The first-order chi connectivity index (χ1) is 15.6. The van der Waals surface area contributed by atoms with Gasteiger partial charge >= 0.3 is 0 Å². The Hall–Kier alpha value is -3.02. The molecule has 6 heteroatoms. The number of amides is 1. The molecule has 1 amide bonds. The van der Waals surface area contributed by atoms with Gasteiger partial charge in [-0.15, -0.1) is 0 Å². The molecule has 6 rings (SSSR count). The number of furan rings is 1. The number of para-hydroxylation sites is 1. The summed E-state index contributed by atoms with van der Waals surface area (Å²) in [5.74, 6) is 0.221. The zero-order chi connectivity index (χ0) is 21.8. The molecular formula is C26H18BrClN2O2. The lowest BCUT2D eigenvalue weighted by Crippen LogP contribution is -2.40. The molecule has 3 aromatic carbocycles. The summed E-state index contributed by atoms with van der Waals surface area (Å²) in [6.07, 6.45) is 0.779. The Morgan fingerprint density at radius 2 is 1.88 bits per heavy atom. The van der Waals surface area contributed by atoms with E-state index in [4.69, 9.17) is 16.0 Å². The maximum atomic E-state index is 13.7. The van der Waals surface area contributed by atoms with Gasteiger partial charge < -0.3 is 14.3 Å². The molecule has 1 aliphatic rings. The van der Waals surface area contributed by atoms with Gasteiger partial charge in [0.2, 0.25) is 0 Å². The van der Waals surface area contributed by atoms with Crippen LogP contribution in [0.4, 0.5) is 0 Å². The summed E-state index contributed by atoms with van der Waals surface area (Å²) in [4.78, 5) is 19.2. The van der Waals surface area contributed by atoms with E-state index < -0.39 is 0 Å². The second-order valence-corrected chi connectivity index (χ2v) is 9.41. The highest BCUT2D eigenvalue weighted by Gasteiger charge is 2.36. The number of hydrogen-bond donors (Lipinski definition) is 1. The zero-order valence-electron chi connectivity index (χ0n) is 16.9. The maximum absolute atomic E-state index is 13.7. The number of carbonyl (C=O) groups is 1. The number of halogens is 2. The first kappa shape index (κ1) is 19.6. The largest absolute Gasteiger partial charge is 0.451 e. The quantitative estimate of drug-likeness (QED) is 0.278. The number of nitrogens with one attached hydrogen (secondary N) is 1. The molecule has 0 fully saturated rings. The van der Waals surface area contributed by atoms with Crippen molar-refractivity contribution < 1.29 is 9.21 Å². The van der Waals surface area contributed by atoms with Crippen LogP contribution >= 0.6 is 27.5 Å². The molecule has 2 aromatic heterocycles. The summed E-state index contributed by atoms with van der Waals surface area (Å²) < 4.78 is 6.89. The van der Waals surface area contributed by atoms with Crippen LogP contribution in [0.2, 0.25) is 5.02 Å². The van der Waals surface area contributed by atoms with Crippen molar-refractivity contribution >= 4 is 55.3 Å². The maximum Gasteiger partial charge on any atom is 0.290 e. The molecule has 5 aromatic rings. The highest BCUT2D eigenvalue weighted by Crippen LogP contribution is 2.39. The van der Waals surface area contributed by atoms with Gasteiger partial charge in [-0.2, -0.15) is 0 Å². The van der Waals surface area contributed by atoms with Crippen LogP contribution in [0.25, 0.3) is 21.9 Å². The van der Waals surface area contributed by atoms with E-state index in [1.807, 2.05) is 59.5 Å². The summed E-state index contributed by atoms with van der Waals surface area (Å²) in [5, 5.41) is 2.78. The van der Waals surface area contributed by atoms with Crippen molar-refractivity contribution in [2.75, 3.05) is 6.54 Å². The third kappa shape index (κ3) is 3.15. The number of rotatable bonds is 2. The summed E-state index contributed by atoms with van der Waals surface area (Å²) in [6, 6.07) is 23.3. The van der Waals surface area contributed by atoms with Crippen molar-refractivity contribution in [1.82, 2.24) is 9.88 Å². The molecule has 1 N–H and O–H groups in total. The van der Waals surface area contributed by atoms with Crippen molar-refractivity contribution in [1.29, 1.82) is 0 Å². The van der Waals surface area contributed by atoms with E-state index in [9.17, 15) is 4.79 Å². The van der Waals surface area contributed by atoms with Gasteiger partial charge in [0, 0.05) is 38.0 Å². The van der Waals surface area contributed by atoms with Crippen molar-refractivity contribution in [2.45, 2.75) is 12.5 Å².